The Morgan fingerprint density at radius 1 is 0.551 bits per heavy atom. The average molecular weight is 1280 g/mol. The van der Waals surface area contributed by atoms with Gasteiger partial charge in [0.05, 0.1) is 127 Å². The highest BCUT2D eigenvalue weighted by Crippen LogP contribution is 2.53. The van der Waals surface area contributed by atoms with E-state index in [-0.39, 0.29) is 53.1 Å². The minimum absolute atomic E-state index is 0.0119. The van der Waals surface area contributed by atoms with Gasteiger partial charge in [0.2, 0.25) is 0 Å². The van der Waals surface area contributed by atoms with Gasteiger partial charge in [-0.05, 0) is 101 Å². The van der Waals surface area contributed by atoms with Crippen LogP contribution in [0.4, 0.5) is 46.0 Å². The fraction of sp³-hybridized carbons (Fsp3) is 0.394. The van der Waals surface area contributed by atoms with E-state index in [2.05, 4.69) is 37.1 Å². The number of hydrogen-bond acceptors (Lipinski definition) is 16. The van der Waals surface area contributed by atoms with Crippen molar-refractivity contribution >= 4 is 81.5 Å². The molecule has 1 N–H and O–H groups in total. The Bertz CT molecular complexity index is 4330. The fourth-order valence-electron chi connectivity index (χ4n) is 13.3. The van der Waals surface area contributed by atoms with E-state index in [1.165, 1.54) is 29.2 Å². The predicted molar refractivity (Wildman–Crippen MR) is 338 cm³/mol. The first-order valence-electron chi connectivity index (χ1n) is 29.7. The normalized spacial score (nSPS) is 17.9. The molecule has 2 spiro atoms. The second-order valence-electron chi connectivity index (χ2n) is 24.0. The Hall–Kier alpha value is -7.05. The molecule has 4 saturated heterocycles. The molecule has 4 aromatic heterocycles. The number of anilines is 5. The Morgan fingerprint density at radius 2 is 1.01 bits per heavy atom. The van der Waals surface area contributed by atoms with E-state index in [9.17, 15) is 30.0 Å². The maximum Gasteiger partial charge on any atom is 0.176 e. The van der Waals surface area contributed by atoms with Crippen LogP contribution in [-0.4, -0.2) is 141 Å². The lowest BCUT2D eigenvalue weighted by molar-refractivity contribution is 0.0545. The van der Waals surface area contributed by atoms with Gasteiger partial charge in [-0.25, -0.2) is 44.4 Å². The highest BCUT2D eigenvalue weighted by molar-refractivity contribution is 7.91. The maximum atomic E-state index is 15.9. The molecule has 0 unspecified atom stereocenters. The lowest BCUT2D eigenvalue weighted by Gasteiger charge is -2.34. The molecule has 0 radical (unpaired) electrons. The SMILES string of the molecule is Cc1ccc(S(C)(=O)=O)c(-c2nc3cc(F)cc(F)c3c(Cl)c2C)c1.Cc1ccc(S(C)(=O)=O)c(-c2nc3cc(F)cc(F)c3c(N3CC4(CCOCC4)c4ncc(N5CCOCC5)cc43)c2C)c1.c1nc2c(cc1N1CCOCC1)NCC21CCOCC1. The van der Waals surface area contributed by atoms with Crippen LogP contribution in [-0.2, 0) is 49.5 Å². The zero-order valence-electron chi connectivity index (χ0n) is 50.4. The molecule has 10 heterocycles. The van der Waals surface area contributed by atoms with Crippen molar-refractivity contribution in [1.82, 2.24) is 19.9 Å². The minimum Gasteiger partial charge on any atom is -0.383 e. The van der Waals surface area contributed by atoms with E-state index in [1.54, 1.807) is 37.3 Å². The topological polar surface area (TPSA) is 179 Å². The highest BCUT2D eigenvalue weighted by atomic mass is 35.5. The quantitative estimate of drug-likeness (QED) is 0.149. The molecule has 6 aliphatic heterocycles. The standard InChI is InChI=1S/C33H34F2N4O4S.C18H14ClF2NO2S.C15H21N3O2/c1-20-4-5-28(44(3,40)41)24(14-20)30-21(2)31(29-25(35)15-22(34)16-26(29)37-30)39-19-33(6-10-42-11-7-33)32-27(39)17-23(18-36-32)38-8-12-43-13-9-38;1-9-4-5-15(25(3,23)24)12(6-9)18-10(2)17(19)16-13(21)7-11(20)8-14(16)22-18;1-5-19-6-2-15(1)11-17-13-9-12(10-16-14(13)15)18-3-7-20-8-4-18/h4-5,14-18H,6-13,19H2,1-3H3;4-8H,1-3H3;9-10,17H,1-8,11H2. The third-order valence-corrected chi connectivity index (χ3v) is 20.8. The number of rotatable bonds is 7. The Balaban J connectivity index is 0.000000144. The zero-order chi connectivity index (χ0) is 62.7. The van der Waals surface area contributed by atoms with Gasteiger partial charge in [-0.15, -0.1) is 0 Å². The van der Waals surface area contributed by atoms with Crippen molar-refractivity contribution in [3.63, 3.8) is 0 Å². The second-order valence-corrected chi connectivity index (χ2v) is 28.4. The largest absolute Gasteiger partial charge is 0.383 e. The molecule has 6 aliphatic rings. The van der Waals surface area contributed by atoms with Gasteiger partial charge in [0.25, 0.3) is 0 Å². The van der Waals surface area contributed by atoms with Gasteiger partial charge in [-0.2, -0.15) is 0 Å². The van der Waals surface area contributed by atoms with Gasteiger partial charge in [0.15, 0.2) is 19.7 Å². The molecule has 23 heteroatoms. The van der Waals surface area contributed by atoms with Crippen molar-refractivity contribution in [1.29, 1.82) is 0 Å². The van der Waals surface area contributed by atoms with Gasteiger partial charge in [-0.3, -0.25) is 9.97 Å². The summed E-state index contributed by atoms with van der Waals surface area (Å²) < 4.78 is 131. The Kier molecular flexibility index (Phi) is 17.2. The van der Waals surface area contributed by atoms with Gasteiger partial charge in [0, 0.05) is 124 Å². The summed E-state index contributed by atoms with van der Waals surface area (Å²) >= 11 is 6.29. The van der Waals surface area contributed by atoms with Crippen molar-refractivity contribution in [3.8, 4) is 22.5 Å². The molecule has 4 fully saturated rings. The molecule has 0 aliphatic carbocycles. The lowest BCUT2D eigenvalue weighted by atomic mass is 9.78. The van der Waals surface area contributed by atoms with Gasteiger partial charge >= 0.3 is 0 Å². The van der Waals surface area contributed by atoms with Crippen LogP contribution >= 0.6 is 11.6 Å². The fourth-order valence-corrected chi connectivity index (χ4v) is 15.3. The van der Waals surface area contributed by atoms with Crippen LogP contribution < -0.4 is 20.0 Å². The monoisotopic (exact) mass is 1280 g/mol. The first-order chi connectivity index (χ1) is 42.5. The van der Waals surface area contributed by atoms with Crippen LogP contribution in [0.15, 0.2) is 95.0 Å². The first-order valence-corrected chi connectivity index (χ1v) is 33.9. The number of nitrogens with zero attached hydrogens (tertiary/aromatic N) is 7. The van der Waals surface area contributed by atoms with Crippen LogP contribution in [0.25, 0.3) is 44.3 Å². The van der Waals surface area contributed by atoms with Crippen LogP contribution in [0.1, 0.15) is 59.3 Å². The van der Waals surface area contributed by atoms with Crippen LogP contribution in [0.5, 0.6) is 0 Å². The van der Waals surface area contributed by atoms with Crippen molar-refractivity contribution in [2.45, 2.75) is 74.0 Å². The van der Waals surface area contributed by atoms with E-state index in [4.69, 9.17) is 45.5 Å². The number of hydrogen-bond donors (Lipinski definition) is 1. The van der Waals surface area contributed by atoms with E-state index in [0.29, 0.717) is 66.6 Å². The summed E-state index contributed by atoms with van der Waals surface area (Å²) in [5, 5.41) is 3.85. The van der Waals surface area contributed by atoms with E-state index < -0.39 is 42.9 Å². The number of fused-ring (bicyclic) bond motifs is 6. The average Bonchev–Trinajstić information content (AvgIpc) is 1.69. The highest BCUT2D eigenvalue weighted by Gasteiger charge is 2.47. The van der Waals surface area contributed by atoms with E-state index in [1.807, 2.05) is 33.2 Å². The molecule has 4 aromatic carbocycles. The van der Waals surface area contributed by atoms with E-state index >= 15 is 4.39 Å². The lowest BCUT2D eigenvalue weighted by Crippen LogP contribution is -2.38. The second kappa shape index (κ2) is 24.6. The van der Waals surface area contributed by atoms with Crippen LogP contribution in [0.3, 0.4) is 0 Å². The smallest absolute Gasteiger partial charge is 0.176 e. The molecule has 0 atom stereocenters. The predicted octanol–water partition coefficient (Wildman–Crippen LogP) is 11.9. The number of pyridine rings is 4. The number of nitrogens with one attached hydrogen (secondary N) is 1. The molecule has 0 bridgehead atoms. The maximum absolute atomic E-state index is 15.9. The van der Waals surface area contributed by atoms with Crippen molar-refractivity contribution in [3.05, 3.63) is 147 Å². The molecule has 0 amide bonds. The summed E-state index contributed by atoms with van der Waals surface area (Å²) in [5.74, 6) is -3.07. The van der Waals surface area contributed by atoms with Crippen molar-refractivity contribution in [2.75, 3.05) is 125 Å². The van der Waals surface area contributed by atoms with Crippen molar-refractivity contribution < 1.29 is 53.3 Å². The number of aryl methyl sites for hydroxylation is 2. The molecule has 89 heavy (non-hydrogen) atoms. The summed E-state index contributed by atoms with van der Waals surface area (Å²) in [4.78, 5) is 25.8. The van der Waals surface area contributed by atoms with Gasteiger partial charge in [0.1, 0.15) is 23.3 Å². The summed E-state index contributed by atoms with van der Waals surface area (Å²) in [6.07, 6.45) is 9.86. The Labute approximate surface area is 520 Å². The number of ether oxygens (including phenoxy) is 4. The number of halogens is 5. The number of benzene rings is 4. The molecular weight excluding hydrogens is 1210 g/mol. The summed E-state index contributed by atoms with van der Waals surface area (Å²) in [6, 6.07) is 18.2. The first kappa shape index (κ1) is 62.2. The number of sulfone groups is 2. The summed E-state index contributed by atoms with van der Waals surface area (Å²) in [6.45, 7) is 17.8. The third kappa shape index (κ3) is 12.1. The minimum atomic E-state index is -3.65. The summed E-state index contributed by atoms with van der Waals surface area (Å²) in [7, 11) is -7.18. The van der Waals surface area contributed by atoms with E-state index in [0.717, 1.165) is 144 Å². The van der Waals surface area contributed by atoms with Crippen LogP contribution in [0.2, 0.25) is 5.02 Å². The molecule has 468 valence electrons. The zero-order valence-corrected chi connectivity index (χ0v) is 52.8. The van der Waals surface area contributed by atoms with Crippen molar-refractivity contribution in [2.24, 2.45) is 0 Å². The molecule has 14 rings (SSSR count). The molecule has 0 saturated carbocycles. The molecular formula is C66H69ClF4N8O8S2. The summed E-state index contributed by atoms with van der Waals surface area (Å²) in [5.41, 5.74) is 11.1. The number of morpholine rings is 2. The molecule has 16 nitrogen and oxygen atoms in total. The molecule has 8 aromatic rings. The van der Waals surface area contributed by atoms with Gasteiger partial charge in [-0.1, -0.05) is 34.9 Å². The van der Waals surface area contributed by atoms with Crippen LogP contribution in [0, 0.1) is 51.0 Å². The van der Waals surface area contributed by atoms with Gasteiger partial charge < -0.3 is 39.0 Å². The third-order valence-electron chi connectivity index (χ3n) is 18.0. The number of aromatic nitrogens is 4. The Morgan fingerprint density at radius 3 is 1.54 bits per heavy atom.